The third kappa shape index (κ3) is 3.55. The number of hydrogen-bond acceptors (Lipinski definition) is 2. The van der Waals surface area contributed by atoms with Crippen LogP contribution in [0, 0.1) is 0 Å². The molecule has 0 aromatic heterocycles. The molecule has 110 valence electrons. The van der Waals surface area contributed by atoms with Crippen LogP contribution in [0.15, 0.2) is 11.3 Å². The fraction of sp³-hybridized carbons (Fsp3) is 0.727. The molecule has 0 amide bonds. The summed E-state index contributed by atoms with van der Waals surface area (Å²) in [5, 5.41) is 0. The van der Waals surface area contributed by atoms with E-state index in [2.05, 4.69) is 0 Å². The number of carbonyl (C=O) groups is 1. The van der Waals surface area contributed by atoms with Crippen LogP contribution in [0.4, 0.5) is 22.0 Å². The van der Waals surface area contributed by atoms with Gasteiger partial charge >= 0.3 is 12.1 Å². The van der Waals surface area contributed by atoms with Crippen molar-refractivity contribution in [3.05, 3.63) is 11.3 Å². The summed E-state index contributed by atoms with van der Waals surface area (Å²) in [6.07, 6.45) is -5.59. The molecule has 0 atom stereocenters. The Balaban J connectivity index is 3.33. The van der Waals surface area contributed by atoms with Gasteiger partial charge in [0.15, 0.2) is 11.5 Å². The average molecular weight is 302 g/mol. The van der Waals surface area contributed by atoms with Crippen LogP contribution in [0.1, 0.15) is 19.3 Å². The molecular weight excluding hydrogens is 287 g/mol. The lowest BCUT2D eigenvalue weighted by molar-refractivity contribution is -0.273. The largest absolute Gasteiger partial charge is 0.543 e. The second kappa shape index (κ2) is 4.88. The number of ketones is 1. The van der Waals surface area contributed by atoms with Crippen LogP contribution in [-0.4, -0.2) is 26.2 Å². The lowest BCUT2D eigenvalue weighted by Gasteiger charge is -2.29. The highest BCUT2D eigenvalue weighted by atomic mass is 28.4. The van der Waals surface area contributed by atoms with Crippen LogP contribution >= 0.6 is 0 Å². The Kier molecular flexibility index (Phi) is 4.14. The third-order valence-electron chi connectivity index (χ3n) is 2.49. The van der Waals surface area contributed by atoms with Crippen LogP contribution in [0.2, 0.25) is 19.6 Å². The number of halogens is 5. The van der Waals surface area contributed by atoms with E-state index in [4.69, 9.17) is 4.43 Å². The molecule has 0 spiro atoms. The van der Waals surface area contributed by atoms with Gasteiger partial charge in [-0.2, -0.15) is 22.0 Å². The molecule has 1 aliphatic carbocycles. The van der Waals surface area contributed by atoms with Gasteiger partial charge in [-0.15, -0.1) is 0 Å². The Labute approximate surface area is 108 Å². The summed E-state index contributed by atoms with van der Waals surface area (Å²) in [6.45, 7) is 4.46. The number of rotatable bonds is 3. The first-order chi connectivity index (χ1) is 8.36. The Hall–Kier alpha value is -0.923. The number of allylic oxidation sites excluding steroid dienone is 2. The molecule has 0 N–H and O–H groups in total. The van der Waals surface area contributed by atoms with Crippen molar-refractivity contribution in [1.29, 1.82) is 0 Å². The predicted molar refractivity (Wildman–Crippen MR) is 61.3 cm³/mol. The highest BCUT2D eigenvalue weighted by Crippen LogP contribution is 2.45. The number of hydrogen-bond donors (Lipinski definition) is 0. The zero-order valence-electron chi connectivity index (χ0n) is 10.8. The first kappa shape index (κ1) is 16.1. The van der Waals surface area contributed by atoms with Gasteiger partial charge in [-0.25, -0.2) is 0 Å². The first-order valence-corrected chi connectivity index (χ1v) is 9.17. The fourth-order valence-corrected chi connectivity index (χ4v) is 2.57. The highest BCUT2D eigenvalue weighted by Gasteiger charge is 2.63. The topological polar surface area (TPSA) is 26.3 Å². The summed E-state index contributed by atoms with van der Waals surface area (Å²) in [5.74, 6) is -7.29. The molecule has 0 saturated heterocycles. The van der Waals surface area contributed by atoms with Crippen LogP contribution in [0.5, 0.6) is 0 Å². The monoisotopic (exact) mass is 302 g/mol. The minimum atomic E-state index is -5.77. The molecule has 1 aliphatic rings. The standard InChI is InChI=1S/C11H15F5O2Si/c1-19(2,3)18-9(7-5-4-6-8(7)17)10(12,13)11(14,15)16/h4-6H2,1-3H3/b9-7-. The van der Waals surface area contributed by atoms with E-state index < -0.39 is 37.5 Å². The molecule has 1 saturated carbocycles. The van der Waals surface area contributed by atoms with E-state index in [9.17, 15) is 26.7 Å². The van der Waals surface area contributed by atoms with E-state index in [1.54, 1.807) is 0 Å². The van der Waals surface area contributed by atoms with Crippen molar-refractivity contribution in [2.45, 2.75) is 51.0 Å². The van der Waals surface area contributed by atoms with Gasteiger partial charge < -0.3 is 4.43 Å². The van der Waals surface area contributed by atoms with Gasteiger partial charge in [0.1, 0.15) is 0 Å². The van der Waals surface area contributed by atoms with E-state index in [0.717, 1.165) is 0 Å². The maximum Gasteiger partial charge on any atom is 0.461 e. The molecule has 0 aromatic carbocycles. The molecule has 8 heteroatoms. The maximum absolute atomic E-state index is 13.5. The number of Topliss-reactive ketones (excluding diaryl/α,β-unsaturated/α-hetero) is 1. The molecule has 1 rings (SSSR count). The zero-order valence-corrected chi connectivity index (χ0v) is 11.8. The average Bonchev–Trinajstić information content (AvgIpc) is 2.57. The Morgan fingerprint density at radius 3 is 1.95 bits per heavy atom. The van der Waals surface area contributed by atoms with Gasteiger partial charge in [-0.05, 0) is 32.5 Å². The molecule has 1 fully saturated rings. The molecule has 0 radical (unpaired) electrons. The van der Waals surface area contributed by atoms with Crippen molar-refractivity contribution in [2.75, 3.05) is 0 Å². The summed E-state index contributed by atoms with van der Waals surface area (Å²) >= 11 is 0. The SMILES string of the molecule is C[Si](C)(C)O/C(=C1/CCCC1=O)C(F)(F)C(F)(F)F. The minimum Gasteiger partial charge on any atom is -0.543 e. The van der Waals surface area contributed by atoms with Gasteiger partial charge in [-0.3, -0.25) is 4.79 Å². The summed E-state index contributed by atoms with van der Waals surface area (Å²) in [4.78, 5) is 11.5. The van der Waals surface area contributed by atoms with Gasteiger partial charge in [0.2, 0.25) is 8.32 Å². The van der Waals surface area contributed by atoms with Gasteiger partial charge in [0, 0.05) is 12.0 Å². The quantitative estimate of drug-likeness (QED) is 0.340. The van der Waals surface area contributed by atoms with Crippen molar-refractivity contribution in [2.24, 2.45) is 0 Å². The number of alkyl halides is 5. The maximum atomic E-state index is 13.5. The Morgan fingerprint density at radius 2 is 1.63 bits per heavy atom. The summed E-state index contributed by atoms with van der Waals surface area (Å²) < 4.78 is 69.4. The molecule has 2 nitrogen and oxygen atoms in total. The molecule has 0 aliphatic heterocycles. The van der Waals surface area contributed by atoms with Crippen molar-refractivity contribution < 1.29 is 31.2 Å². The van der Waals surface area contributed by atoms with Crippen LogP contribution in [-0.2, 0) is 9.22 Å². The van der Waals surface area contributed by atoms with E-state index >= 15 is 0 Å². The van der Waals surface area contributed by atoms with Gasteiger partial charge in [0.05, 0.1) is 0 Å². The van der Waals surface area contributed by atoms with Gasteiger partial charge in [0.25, 0.3) is 0 Å². The highest BCUT2D eigenvalue weighted by molar-refractivity contribution is 6.70. The predicted octanol–water partition coefficient (Wildman–Crippen LogP) is 4.04. The Bertz CT molecular complexity index is 406. The molecule has 0 heterocycles. The normalized spacial score (nSPS) is 20.7. The summed E-state index contributed by atoms with van der Waals surface area (Å²) in [6, 6.07) is 0. The molecule has 0 aromatic rings. The van der Waals surface area contributed by atoms with Crippen molar-refractivity contribution >= 4 is 14.1 Å². The van der Waals surface area contributed by atoms with E-state index in [1.807, 2.05) is 0 Å². The smallest absolute Gasteiger partial charge is 0.461 e. The molecule has 0 bridgehead atoms. The lowest BCUT2D eigenvalue weighted by atomic mass is 10.1. The minimum absolute atomic E-state index is 0.0121. The van der Waals surface area contributed by atoms with Gasteiger partial charge in [-0.1, -0.05) is 0 Å². The summed E-state index contributed by atoms with van der Waals surface area (Å²) in [5.41, 5.74) is -0.509. The van der Waals surface area contributed by atoms with Crippen molar-refractivity contribution in [1.82, 2.24) is 0 Å². The number of carbonyl (C=O) groups excluding carboxylic acids is 1. The summed E-state index contributed by atoms with van der Waals surface area (Å²) in [7, 11) is -2.70. The van der Waals surface area contributed by atoms with Crippen LogP contribution < -0.4 is 0 Å². The van der Waals surface area contributed by atoms with E-state index in [1.165, 1.54) is 19.6 Å². The molecule has 0 unspecified atom stereocenters. The van der Waals surface area contributed by atoms with E-state index in [-0.39, 0.29) is 19.3 Å². The van der Waals surface area contributed by atoms with Crippen molar-refractivity contribution in [3.8, 4) is 0 Å². The second-order valence-corrected chi connectivity index (χ2v) is 9.80. The van der Waals surface area contributed by atoms with Crippen LogP contribution in [0.25, 0.3) is 0 Å². The third-order valence-corrected chi connectivity index (χ3v) is 3.31. The van der Waals surface area contributed by atoms with Crippen LogP contribution in [0.3, 0.4) is 0 Å². The first-order valence-electron chi connectivity index (χ1n) is 5.76. The zero-order chi connectivity index (χ0) is 15.1. The molecule has 19 heavy (non-hydrogen) atoms. The molecular formula is C11H15F5O2Si. The van der Waals surface area contributed by atoms with E-state index in [0.29, 0.717) is 0 Å². The fourth-order valence-electron chi connectivity index (χ4n) is 1.71. The van der Waals surface area contributed by atoms with Crippen molar-refractivity contribution in [3.63, 3.8) is 0 Å². The second-order valence-electron chi connectivity index (χ2n) is 5.37. The Morgan fingerprint density at radius 1 is 1.11 bits per heavy atom. The lowest BCUT2D eigenvalue weighted by Crippen LogP contribution is -2.43.